The van der Waals surface area contributed by atoms with Crippen molar-refractivity contribution in [3.05, 3.63) is 115 Å². The summed E-state index contributed by atoms with van der Waals surface area (Å²) in [6, 6.07) is 26.0. The van der Waals surface area contributed by atoms with E-state index in [1.54, 1.807) is 24.3 Å². The summed E-state index contributed by atoms with van der Waals surface area (Å²) in [5.41, 5.74) is 7.95. The Labute approximate surface area is 274 Å². The Kier molecular flexibility index (Phi) is 10.5. The first-order valence-corrected chi connectivity index (χ1v) is 15.2. The number of aromatic nitrogens is 1. The highest BCUT2D eigenvalue weighted by molar-refractivity contribution is 9.10. The minimum absolute atomic E-state index is 0.140. The fourth-order valence-corrected chi connectivity index (χ4v) is 5.64. The molecule has 4 aromatic carbocycles. The third kappa shape index (κ3) is 7.14. The van der Waals surface area contributed by atoms with Crippen LogP contribution in [0.5, 0.6) is 0 Å². The Balaban J connectivity index is 0.000000153. The molecule has 6 rings (SSSR count). The number of halogens is 3. The molecular formula is C33H32BBrCl2N2O5. The van der Waals surface area contributed by atoms with Crippen molar-refractivity contribution in [3.63, 3.8) is 0 Å². The number of rotatable bonds is 2. The van der Waals surface area contributed by atoms with Gasteiger partial charge in [0.15, 0.2) is 0 Å². The van der Waals surface area contributed by atoms with Gasteiger partial charge in [0.1, 0.15) is 0 Å². The van der Waals surface area contributed by atoms with E-state index in [0.29, 0.717) is 31.2 Å². The van der Waals surface area contributed by atoms with Crippen molar-refractivity contribution >= 4 is 85.0 Å². The van der Waals surface area contributed by atoms with Gasteiger partial charge in [-0.1, -0.05) is 77.8 Å². The number of nitrogens with two attached hydrogens (primary N) is 1. The van der Waals surface area contributed by atoms with Gasteiger partial charge in [-0.2, -0.15) is 0 Å². The molecule has 0 aliphatic carbocycles. The van der Waals surface area contributed by atoms with Crippen LogP contribution in [0.25, 0.3) is 21.7 Å². The molecule has 228 valence electrons. The number of pyridine rings is 1. The van der Waals surface area contributed by atoms with Crippen molar-refractivity contribution in [2.24, 2.45) is 0 Å². The predicted molar refractivity (Wildman–Crippen MR) is 184 cm³/mol. The summed E-state index contributed by atoms with van der Waals surface area (Å²) in [6.45, 7) is 8.14. The summed E-state index contributed by atoms with van der Waals surface area (Å²) in [6.07, 6.45) is 0. The Hall–Kier alpha value is -3.34. The molecular weight excluding hydrogens is 666 g/mol. The van der Waals surface area contributed by atoms with Gasteiger partial charge in [0.2, 0.25) is 0 Å². The fourth-order valence-electron chi connectivity index (χ4n) is 4.48. The zero-order chi connectivity index (χ0) is 32.2. The summed E-state index contributed by atoms with van der Waals surface area (Å²) in [5.74, 6) is -0.438. The van der Waals surface area contributed by atoms with Gasteiger partial charge in [-0.3, -0.25) is 4.79 Å². The second-order valence-corrected chi connectivity index (χ2v) is 12.6. The lowest BCUT2D eigenvalue weighted by atomic mass is 9.78. The van der Waals surface area contributed by atoms with E-state index in [0.717, 1.165) is 21.8 Å². The van der Waals surface area contributed by atoms with Gasteiger partial charge < -0.3 is 24.8 Å². The van der Waals surface area contributed by atoms with Crippen molar-refractivity contribution in [3.8, 4) is 0 Å². The molecule has 0 atom stereocenters. The average Bonchev–Trinajstić information content (AvgIpc) is 3.19. The highest BCUT2D eigenvalue weighted by Crippen LogP contribution is 2.36. The van der Waals surface area contributed by atoms with Crippen LogP contribution < -0.4 is 16.8 Å². The van der Waals surface area contributed by atoms with Crippen LogP contribution in [-0.2, 0) is 14.0 Å². The lowest BCUT2D eigenvalue weighted by Crippen LogP contribution is -2.41. The quantitative estimate of drug-likeness (QED) is 0.0845. The Morgan fingerprint density at radius 3 is 2.05 bits per heavy atom. The molecule has 11 heteroatoms. The van der Waals surface area contributed by atoms with Gasteiger partial charge in [0.25, 0.3) is 5.56 Å². The minimum Gasteiger partial charge on any atom is -0.465 e. The first-order valence-electron chi connectivity index (χ1n) is 13.7. The maximum absolute atomic E-state index is 11.9. The molecule has 7 nitrogen and oxygen atoms in total. The number of H-pyrrole nitrogens is 1. The van der Waals surface area contributed by atoms with Gasteiger partial charge in [-0.25, -0.2) is 4.79 Å². The van der Waals surface area contributed by atoms with Gasteiger partial charge in [-0.05, 0) is 79.3 Å². The molecule has 1 aromatic heterocycles. The highest BCUT2D eigenvalue weighted by Gasteiger charge is 2.52. The first kappa shape index (κ1) is 33.6. The molecule has 5 aromatic rings. The largest absolute Gasteiger partial charge is 0.496 e. The smallest absolute Gasteiger partial charge is 0.465 e. The predicted octanol–water partition coefficient (Wildman–Crippen LogP) is 7.79. The number of nitrogens with one attached hydrogen (secondary N) is 1. The molecule has 2 heterocycles. The molecule has 0 amide bonds. The molecule has 0 spiro atoms. The third-order valence-corrected chi connectivity index (χ3v) is 8.85. The Morgan fingerprint density at radius 2 is 1.41 bits per heavy atom. The van der Waals surface area contributed by atoms with Crippen LogP contribution in [0.4, 0.5) is 5.69 Å². The monoisotopic (exact) mass is 696 g/mol. The summed E-state index contributed by atoms with van der Waals surface area (Å²) >= 11 is 15.0. The lowest BCUT2D eigenvalue weighted by Gasteiger charge is -2.32. The van der Waals surface area contributed by atoms with E-state index in [9.17, 15) is 9.59 Å². The molecule has 3 N–H and O–H groups in total. The topological polar surface area (TPSA) is 104 Å². The molecule has 0 unspecified atom stereocenters. The zero-order valence-corrected chi connectivity index (χ0v) is 28.0. The van der Waals surface area contributed by atoms with Crippen LogP contribution in [-0.4, -0.2) is 36.4 Å². The first-order chi connectivity index (χ1) is 20.8. The maximum Gasteiger partial charge on any atom is 0.496 e. The van der Waals surface area contributed by atoms with Crippen molar-refractivity contribution in [2.75, 3.05) is 12.8 Å². The summed E-state index contributed by atoms with van der Waals surface area (Å²) in [4.78, 5) is 25.8. The van der Waals surface area contributed by atoms with Crippen LogP contribution >= 0.6 is 39.1 Å². The number of hydrogen-bond acceptors (Lipinski definition) is 6. The molecule has 0 radical (unpaired) electrons. The zero-order valence-electron chi connectivity index (χ0n) is 24.9. The maximum atomic E-state index is 11.9. The molecule has 1 aliphatic rings. The standard InChI is InChI=1S/C13H8ClNO.C12H18BNO2.C8H6BrClO2/c14-10-6-3-5-9-8-4-1-2-7-11(8)15-13(16)12(9)10;1-11(2)12(3,4)16-13(15-11)9-7-5-6-8-10(9)14;1-12-8(11)7-5(9)3-2-4-6(7)10/h1-7H,(H,15,16);5-8H,14H2,1-4H3;2-4H,1H3. The average molecular weight is 698 g/mol. The minimum atomic E-state index is -0.438. The van der Waals surface area contributed by atoms with E-state index < -0.39 is 5.97 Å². The molecule has 0 bridgehead atoms. The van der Waals surface area contributed by atoms with Crippen molar-refractivity contribution in [1.82, 2.24) is 4.98 Å². The summed E-state index contributed by atoms with van der Waals surface area (Å²) in [5, 5.41) is 3.34. The normalized spacial score (nSPS) is 14.8. The van der Waals surface area contributed by atoms with Crippen molar-refractivity contribution < 1.29 is 18.8 Å². The van der Waals surface area contributed by atoms with Gasteiger partial charge in [-0.15, -0.1) is 0 Å². The van der Waals surface area contributed by atoms with Crippen LogP contribution in [0.1, 0.15) is 38.1 Å². The van der Waals surface area contributed by atoms with Crippen molar-refractivity contribution in [2.45, 2.75) is 38.9 Å². The number of methoxy groups -OCH3 is 1. The Morgan fingerprint density at radius 1 is 0.841 bits per heavy atom. The second kappa shape index (κ2) is 13.8. The number of hydrogen-bond donors (Lipinski definition) is 2. The van der Waals surface area contributed by atoms with Gasteiger partial charge >= 0.3 is 13.1 Å². The number of benzene rings is 4. The number of esters is 1. The lowest BCUT2D eigenvalue weighted by molar-refractivity contribution is 0.00578. The van der Waals surface area contributed by atoms with Gasteiger partial charge in [0, 0.05) is 26.5 Å². The number of aromatic amines is 1. The van der Waals surface area contributed by atoms with E-state index >= 15 is 0 Å². The number of carbonyl (C=O) groups excluding carboxylic acids is 1. The van der Waals surface area contributed by atoms with Crippen LogP contribution in [0.15, 0.2) is 94.2 Å². The summed E-state index contributed by atoms with van der Waals surface area (Å²) in [7, 11) is 0.948. The molecule has 1 aliphatic heterocycles. The van der Waals surface area contributed by atoms with Crippen LogP contribution in [0.2, 0.25) is 10.0 Å². The number of fused-ring (bicyclic) bond motifs is 3. The van der Waals surface area contributed by atoms with E-state index in [2.05, 4.69) is 25.7 Å². The fraction of sp³-hybridized carbons (Fsp3) is 0.212. The highest BCUT2D eigenvalue weighted by atomic mass is 79.9. The third-order valence-electron chi connectivity index (χ3n) is 7.56. The SMILES string of the molecule is CC1(C)OB(c2ccccc2N)OC1(C)C.COC(=O)c1c(Cl)cccc1Br.O=c1[nH]c2ccccc2c2cccc(Cl)c12. The number of carbonyl (C=O) groups is 1. The Bertz CT molecular complexity index is 1840. The number of para-hydroxylation sites is 2. The van der Waals surface area contributed by atoms with E-state index in [-0.39, 0.29) is 23.9 Å². The summed E-state index contributed by atoms with van der Waals surface area (Å²) < 4.78 is 17.0. The second-order valence-electron chi connectivity index (χ2n) is 11.0. The molecule has 1 fully saturated rings. The van der Waals surface area contributed by atoms with Crippen molar-refractivity contribution in [1.29, 1.82) is 0 Å². The van der Waals surface area contributed by atoms with E-state index in [1.165, 1.54) is 7.11 Å². The van der Waals surface area contributed by atoms with E-state index in [1.807, 2.05) is 88.4 Å². The van der Waals surface area contributed by atoms with Crippen LogP contribution in [0, 0.1) is 0 Å². The number of nitrogen functional groups attached to an aromatic ring is 1. The molecule has 1 saturated heterocycles. The number of ether oxygens (including phenoxy) is 1. The van der Waals surface area contributed by atoms with Crippen LogP contribution in [0.3, 0.4) is 0 Å². The molecule has 44 heavy (non-hydrogen) atoms. The molecule has 0 saturated carbocycles. The van der Waals surface area contributed by atoms with E-state index in [4.69, 9.17) is 38.2 Å². The van der Waals surface area contributed by atoms with Gasteiger partial charge in [0.05, 0.1) is 39.3 Å². The number of anilines is 1.